The van der Waals surface area contributed by atoms with Crippen LogP contribution < -0.4 is 0 Å². The van der Waals surface area contributed by atoms with E-state index in [1.165, 1.54) is 11.1 Å². The fourth-order valence-electron chi connectivity index (χ4n) is 2.66. The fourth-order valence-corrected chi connectivity index (χ4v) is 2.66. The first-order chi connectivity index (χ1) is 11.2. The molecule has 0 fully saturated rings. The molecule has 0 unspecified atom stereocenters. The predicted molar refractivity (Wildman–Crippen MR) is 91.4 cm³/mol. The Morgan fingerprint density at radius 1 is 1.04 bits per heavy atom. The van der Waals surface area contributed by atoms with Gasteiger partial charge in [0.15, 0.2) is 0 Å². The molecule has 23 heavy (non-hydrogen) atoms. The number of hydrogen-bond donors (Lipinski definition) is 0. The van der Waals surface area contributed by atoms with Crippen molar-refractivity contribution in [2.75, 3.05) is 0 Å². The van der Waals surface area contributed by atoms with E-state index in [2.05, 4.69) is 41.8 Å². The Morgan fingerprint density at radius 2 is 1.74 bits per heavy atom. The van der Waals surface area contributed by atoms with Crippen LogP contribution in [0.25, 0.3) is 17.0 Å². The van der Waals surface area contributed by atoms with E-state index in [1.54, 1.807) is 6.08 Å². The number of para-hydroxylation sites is 1. The lowest BCUT2D eigenvalue weighted by atomic mass is 10.1. The molecular formula is C20H15N3. The molecule has 3 rings (SSSR count). The van der Waals surface area contributed by atoms with Crippen molar-refractivity contribution >= 4 is 17.0 Å². The average molecular weight is 297 g/mol. The van der Waals surface area contributed by atoms with Crippen LogP contribution in [0.4, 0.5) is 0 Å². The van der Waals surface area contributed by atoms with E-state index in [9.17, 15) is 0 Å². The molecule has 3 nitrogen and oxygen atoms in total. The summed E-state index contributed by atoms with van der Waals surface area (Å²) in [6.45, 7) is 2.83. The second-order valence-electron chi connectivity index (χ2n) is 5.50. The second-order valence-corrected chi connectivity index (χ2v) is 5.50. The Kier molecular flexibility index (Phi) is 3.95. The third-order valence-electron chi connectivity index (χ3n) is 3.83. The lowest BCUT2D eigenvalue weighted by Gasteiger charge is -2.06. The topological polar surface area (TPSA) is 52.5 Å². The van der Waals surface area contributed by atoms with Crippen molar-refractivity contribution < 1.29 is 0 Å². The van der Waals surface area contributed by atoms with Gasteiger partial charge in [-0.25, -0.2) is 0 Å². The number of nitriles is 2. The Bertz CT molecular complexity index is 945. The van der Waals surface area contributed by atoms with E-state index in [0.29, 0.717) is 0 Å². The first kappa shape index (κ1) is 14.6. The van der Waals surface area contributed by atoms with E-state index in [4.69, 9.17) is 10.5 Å². The highest BCUT2D eigenvalue weighted by molar-refractivity contribution is 5.90. The minimum absolute atomic E-state index is 0.114. The summed E-state index contributed by atoms with van der Waals surface area (Å²) in [4.78, 5) is 0. The Labute approximate surface area is 135 Å². The van der Waals surface area contributed by atoms with Crippen LogP contribution in [-0.4, -0.2) is 4.57 Å². The van der Waals surface area contributed by atoms with Crippen molar-refractivity contribution in [1.82, 2.24) is 4.57 Å². The summed E-state index contributed by atoms with van der Waals surface area (Å²) in [6, 6.07) is 20.3. The Balaban J connectivity index is 2.08. The third kappa shape index (κ3) is 3.00. The molecule has 0 saturated carbocycles. The minimum Gasteiger partial charge on any atom is -0.342 e. The maximum atomic E-state index is 8.98. The van der Waals surface area contributed by atoms with Crippen LogP contribution in [0.3, 0.4) is 0 Å². The predicted octanol–water partition coefficient (Wildman–Crippen LogP) is 4.43. The molecule has 0 aliphatic carbocycles. The summed E-state index contributed by atoms with van der Waals surface area (Å²) in [5.74, 6) is 0. The molecular weight excluding hydrogens is 282 g/mol. The van der Waals surface area contributed by atoms with Crippen molar-refractivity contribution in [3.8, 4) is 12.1 Å². The number of hydrogen-bond acceptors (Lipinski definition) is 2. The van der Waals surface area contributed by atoms with Crippen molar-refractivity contribution in [2.24, 2.45) is 0 Å². The Hall–Kier alpha value is -3.30. The molecule has 2 aromatic carbocycles. The summed E-state index contributed by atoms with van der Waals surface area (Å²) in [6.07, 6.45) is 3.65. The van der Waals surface area contributed by atoms with Gasteiger partial charge >= 0.3 is 0 Å². The number of aromatic nitrogens is 1. The van der Waals surface area contributed by atoms with E-state index in [0.717, 1.165) is 23.0 Å². The molecule has 0 atom stereocenters. The van der Waals surface area contributed by atoms with Crippen molar-refractivity contribution in [3.05, 3.63) is 77.0 Å². The van der Waals surface area contributed by atoms with Gasteiger partial charge in [0.2, 0.25) is 0 Å². The van der Waals surface area contributed by atoms with Crippen molar-refractivity contribution in [3.63, 3.8) is 0 Å². The summed E-state index contributed by atoms with van der Waals surface area (Å²) >= 11 is 0. The van der Waals surface area contributed by atoms with Gasteiger partial charge in [-0.1, -0.05) is 48.0 Å². The maximum Gasteiger partial charge on any atom is 0.130 e. The lowest BCUT2D eigenvalue weighted by molar-refractivity contribution is 0.836. The molecule has 3 heteroatoms. The van der Waals surface area contributed by atoms with Crippen LogP contribution in [0, 0.1) is 29.6 Å². The number of allylic oxidation sites excluding steroid dienone is 1. The smallest absolute Gasteiger partial charge is 0.130 e. The number of nitrogens with zero attached hydrogens (tertiary/aromatic N) is 3. The van der Waals surface area contributed by atoms with Crippen LogP contribution in [0.5, 0.6) is 0 Å². The van der Waals surface area contributed by atoms with Gasteiger partial charge in [0, 0.05) is 29.2 Å². The van der Waals surface area contributed by atoms with Crippen LogP contribution >= 0.6 is 0 Å². The summed E-state index contributed by atoms with van der Waals surface area (Å²) in [5, 5.41) is 19.0. The highest BCUT2D eigenvalue weighted by Crippen LogP contribution is 2.24. The van der Waals surface area contributed by atoms with E-state index < -0.39 is 0 Å². The van der Waals surface area contributed by atoms with Gasteiger partial charge in [0.1, 0.15) is 17.7 Å². The van der Waals surface area contributed by atoms with E-state index >= 15 is 0 Å². The number of rotatable bonds is 3. The molecule has 3 aromatic rings. The fraction of sp³-hybridized carbons (Fsp3) is 0.100. The molecule has 1 heterocycles. The molecule has 0 bridgehead atoms. The minimum atomic E-state index is 0.114. The second kappa shape index (κ2) is 6.22. The zero-order valence-corrected chi connectivity index (χ0v) is 12.8. The summed E-state index contributed by atoms with van der Waals surface area (Å²) in [7, 11) is 0. The molecule has 0 aliphatic heterocycles. The highest BCUT2D eigenvalue weighted by atomic mass is 15.0. The number of fused-ring (bicyclic) bond motifs is 1. The molecule has 110 valence electrons. The molecule has 0 radical (unpaired) electrons. The molecule has 0 saturated heterocycles. The maximum absolute atomic E-state index is 8.98. The number of benzene rings is 2. The lowest BCUT2D eigenvalue weighted by Crippen LogP contribution is -1.97. The van der Waals surface area contributed by atoms with Gasteiger partial charge in [0.05, 0.1) is 0 Å². The van der Waals surface area contributed by atoms with Gasteiger partial charge in [-0.2, -0.15) is 10.5 Å². The molecule has 0 spiro atoms. The van der Waals surface area contributed by atoms with Gasteiger partial charge in [-0.05, 0) is 24.6 Å². The zero-order chi connectivity index (χ0) is 16.2. The van der Waals surface area contributed by atoms with E-state index in [-0.39, 0.29) is 5.57 Å². The normalized spacial score (nSPS) is 10.0. The summed E-state index contributed by atoms with van der Waals surface area (Å²) in [5.41, 5.74) is 4.55. The van der Waals surface area contributed by atoms with Crippen LogP contribution in [0.15, 0.2) is 60.3 Å². The Morgan fingerprint density at radius 3 is 2.43 bits per heavy atom. The van der Waals surface area contributed by atoms with Crippen LogP contribution in [0.1, 0.15) is 16.7 Å². The summed E-state index contributed by atoms with van der Waals surface area (Å²) < 4.78 is 2.15. The van der Waals surface area contributed by atoms with Crippen molar-refractivity contribution in [1.29, 1.82) is 10.5 Å². The number of aryl methyl sites for hydroxylation is 1. The highest BCUT2D eigenvalue weighted by Gasteiger charge is 2.08. The standard InChI is InChI=1S/C20H15N3/c1-15-6-8-16(9-7-15)13-23-14-18(10-17(11-21)12-22)19-4-2-3-5-20(19)23/h2-10,14H,13H2,1H3. The monoisotopic (exact) mass is 297 g/mol. The van der Waals surface area contributed by atoms with Gasteiger partial charge in [-0.15, -0.1) is 0 Å². The largest absolute Gasteiger partial charge is 0.342 e. The molecule has 0 N–H and O–H groups in total. The average Bonchev–Trinajstić information content (AvgIpc) is 2.92. The molecule has 0 aliphatic rings. The van der Waals surface area contributed by atoms with Crippen molar-refractivity contribution in [2.45, 2.75) is 13.5 Å². The van der Waals surface area contributed by atoms with E-state index in [1.807, 2.05) is 36.5 Å². The third-order valence-corrected chi connectivity index (χ3v) is 3.83. The zero-order valence-electron chi connectivity index (χ0n) is 12.8. The molecule has 1 aromatic heterocycles. The quantitative estimate of drug-likeness (QED) is 0.671. The van der Waals surface area contributed by atoms with Crippen LogP contribution in [-0.2, 0) is 6.54 Å². The van der Waals surface area contributed by atoms with Gasteiger partial charge in [-0.3, -0.25) is 0 Å². The van der Waals surface area contributed by atoms with Gasteiger partial charge in [0.25, 0.3) is 0 Å². The van der Waals surface area contributed by atoms with Crippen LogP contribution in [0.2, 0.25) is 0 Å². The SMILES string of the molecule is Cc1ccc(Cn2cc(C=C(C#N)C#N)c3ccccc32)cc1. The van der Waals surface area contributed by atoms with Gasteiger partial charge < -0.3 is 4.57 Å². The first-order valence-corrected chi connectivity index (χ1v) is 7.36. The molecule has 0 amide bonds. The first-order valence-electron chi connectivity index (χ1n) is 7.36.